The molecule has 0 atom stereocenters. The molecule has 0 radical (unpaired) electrons. The van der Waals surface area contributed by atoms with Gasteiger partial charge in [-0.2, -0.15) is 0 Å². The lowest BCUT2D eigenvalue weighted by Crippen LogP contribution is -2.15. The second-order valence-corrected chi connectivity index (χ2v) is 2.19. The van der Waals surface area contributed by atoms with Crippen LogP contribution in [0.3, 0.4) is 0 Å². The maximum atomic E-state index is 9.94. The number of aldehydes is 1. The van der Waals surface area contributed by atoms with Crippen molar-refractivity contribution in [1.29, 1.82) is 0 Å². The van der Waals surface area contributed by atoms with E-state index in [9.17, 15) is 4.79 Å². The topological polar surface area (TPSA) is 29.1 Å². The molecule has 0 fully saturated rings. The molecule has 1 aliphatic carbocycles. The molecule has 0 aromatic carbocycles. The summed E-state index contributed by atoms with van der Waals surface area (Å²) in [6.07, 6.45) is 9.12. The van der Waals surface area contributed by atoms with Crippen molar-refractivity contribution in [3.8, 4) is 0 Å². The lowest BCUT2D eigenvalue weighted by Gasteiger charge is -2.07. The van der Waals surface area contributed by atoms with Crippen molar-refractivity contribution < 1.29 is 4.79 Å². The molecule has 0 amide bonds. The molecule has 0 saturated heterocycles. The normalized spacial score (nSPS) is 16.2. The van der Waals surface area contributed by atoms with Crippen molar-refractivity contribution in [3.05, 3.63) is 23.9 Å². The van der Waals surface area contributed by atoms with Crippen molar-refractivity contribution >= 4 is 6.29 Å². The van der Waals surface area contributed by atoms with E-state index in [0.717, 1.165) is 24.8 Å². The Bertz CT molecular complexity index is 170. The number of hydrogen-bond donors (Lipinski definition) is 1. The summed E-state index contributed by atoms with van der Waals surface area (Å²) in [6, 6.07) is 0. The van der Waals surface area contributed by atoms with E-state index >= 15 is 0 Å². The molecule has 1 aliphatic rings. The van der Waals surface area contributed by atoms with Gasteiger partial charge in [-0.3, -0.25) is 0 Å². The van der Waals surface area contributed by atoms with Crippen LogP contribution in [-0.4, -0.2) is 12.8 Å². The number of allylic oxidation sites excluding steroid dienone is 3. The van der Waals surface area contributed by atoms with Crippen LogP contribution in [0, 0.1) is 0 Å². The third-order valence-corrected chi connectivity index (χ3v) is 1.42. The Morgan fingerprint density at radius 1 is 1.60 bits per heavy atom. The number of hydrogen-bond acceptors (Lipinski definition) is 2. The smallest absolute Gasteiger partial charge is 0.139 e. The van der Waals surface area contributed by atoms with Crippen LogP contribution in [0.1, 0.15) is 12.8 Å². The van der Waals surface area contributed by atoms with Crippen LogP contribution in [-0.2, 0) is 4.79 Å². The van der Waals surface area contributed by atoms with Gasteiger partial charge in [-0.25, -0.2) is 0 Å². The van der Waals surface area contributed by atoms with Gasteiger partial charge in [0.05, 0.1) is 6.54 Å². The average molecular weight is 137 g/mol. The summed E-state index contributed by atoms with van der Waals surface area (Å²) in [5.74, 6) is 0. The molecule has 0 spiro atoms. The molecule has 0 saturated carbocycles. The minimum absolute atomic E-state index is 0.430. The highest BCUT2D eigenvalue weighted by atomic mass is 16.1. The van der Waals surface area contributed by atoms with E-state index in [-0.39, 0.29) is 0 Å². The van der Waals surface area contributed by atoms with Gasteiger partial charge < -0.3 is 10.1 Å². The minimum Gasteiger partial charge on any atom is -0.382 e. The van der Waals surface area contributed by atoms with Gasteiger partial charge in [-0.1, -0.05) is 18.2 Å². The van der Waals surface area contributed by atoms with Gasteiger partial charge in [0.2, 0.25) is 0 Å². The van der Waals surface area contributed by atoms with Gasteiger partial charge in [0.15, 0.2) is 0 Å². The van der Waals surface area contributed by atoms with Crippen molar-refractivity contribution in [2.75, 3.05) is 6.54 Å². The Balaban J connectivity index is 2.27. The monoisotopic (exact) mass is 137 g/mol. The quantitative estimate of drug-likeness (QED) is 0.464. The van der Waals surface area contributed by atoms with Crippen molar-refractivity contribution in [3.63, 3.8) is 0 Å². The molecule has 1 N–H and O–H groups in total. The fourth-order valence-electron chi connectivity index (χ4n) is 0.917. The first kappa shape index (κ1) is 7.06. The second-order valence-electron chi connectivity index (χ2n) is 2.19. The summed E-state index contributed by atoms with van der Waals surface area (Å²) in [6.45, 7) is 0.430. The first-order chi connectivity index (χ1) is 4.93. The summed E-state index contributed by atoms with van der Waals surface area (Å²) in [5, 5.41) is 3.01. The van der Waals surface area contributed by atoms with E-state index in [1.54, 1.807) is 0 Å². The van der Waals surface area contributed by atoms with E-state index < -0.39 is 0 Å². The van der Waals surface area contributed by atoms with Crippen LogP contribution in [0.15, 0.2) is 23.9 Å². The summed E-state index contributed by atoms with van der Waals surface area (Å²) < 4.78 is 0. The van der Waals surface area contributed by atoms with Gasteiger partial charge in [-0.05, 0) is 6.42 Å². The van der Waals surface area contributed by atoms with E-state index in [0.29, 0.717) is 6.54 Å². The van der Waals surface area contributed by atoms with Crippen LogP contribution in [0.4, 0.5) is 0 Å². The Labute approximate surface area is 60.6 Å². The van der Waals surface area contributed by atoms with Gasteiger partial charge >= 0.3 is 0 Å². The number of nitrogens with one attached hydrogen (secondary N) is 1. The van der Waals surface area contributed by atoms with E-state index in [1.165, 1.54) is 0 Å². The largest absolute Gasteiger partial charge is 0.382 e. The van der Waals surface area contributed by atoms with Crippen LogP contribution in [0.5, 0.6) is 0 Å². The second kappa shape index (κ2) is 3.88. The maximum Gasteiger partial charge on any atom is 0.139 e. The molecule has 0 aromatic rings. The predicted octanol–water partition coefficient (Wildman–Crippen LogP) is 1.01. The van der Waals surface area contributed by atoms with Crippen molar-refractivity contribution in [1.82, 2.24) is 5.32 Å². The average Bonchev–Trinajstić information content (AvgIpc) is 2.03. The van der Waals surface area contributed by atoms with E-state index in [4.69, 9.17) is 0 Å². The maximum absolute atomic E-state index is 9.94. The lowest BCUT2D eigenvalue weighted by molar-refractivity contribution is -0.107. The van der Waals surface area contributed by atoms with Gasteiger partial charge in [-0.15, -0.1) is 0 Å². The fourth-order valence-corrected chi connectivity index (χ4v) is 0.917. The molecule has 1 rings (SSSR count). The van der Waals surface area contributed by atoms with Crippen molar-refractivity contribution in [2.24, 2.45) is 0 Å². The Morgan fingerprint density at radius 3 is 3.10 bits per heavy atom. The zero-order valence-electron chi connectivity index (χ0n) is 5.84. The predicted molar refractivity (Wildman–Crippen MR) is 40.5 cm³/mol. The van der Waals surface area contributed by atoms with Gasteiger partial charge in [0, 0.05) is 12.1 Å². The molecule has 0 unspecified atom stereocenters. The zero-order valence-corrected chi connectivity index (χ0v) is 5.84. The van der Waals surface area contributed by atoms with Crippen LogP contribution >= 0.6 is 0 Å². The SMILES string of the molecule is O=CCNC1=CCC=CC1. The van der Waals surface area contributed by atoms with Gasteiger partial charge in [0.1, 0.15) is 6.29 Å². The van der Waals surface area contributed by atoms with Crippen LogP contribution < -0.4 is 5.32 Å². The van der Waals surface area contributed by atoms with Crippen molar-refractivity contribution in [2.45, 2.75) is 12.8 Å². The molecular formula is C8H11NO. The highest BCUT2D eigenvalue weighted by Crippen LogP contribution is 2.06. The Morgan fingerprint density at radius 2 is 2.50 bits per heavy atom. The van der Waals surface area contributed by atoms with Crippen LogP contribution in [0.25, 0.3) is 0 Å². The zero-order chi connectivity index (χ0) is 7.23. The first-order valence-corrected chi connectivity index (χ1v) is 3.45. The summed E-state index contributed by atoms with van der Waals surface area (Å²) in [5.41, 5.74) is 1.16. The first-order valence-electron chi connectivity index (χ1n) is 3.45. The molecule has 54 valence electrons. The summed E-state index contributed by atoms with van der Waals surface area (Å²) in [7, 11) is 0. The molecule has 10 heavy (non-hydrogen) atoms. The highest BCUT2D eigenvalue weighted by Gasteiger charge is 1.94. The molecule has 0 aromatic heterocycles. The molecule has 2 nitrogen and oxygen atoms in total. The Hall–Kier alpha value is -1.05. The Kier molecular flexibility index (Phi) is 2.74. The third-order valence-electron chi connectivity index (χ3n) is 1.42. The summed E-state index contributed by atoms with van der Waals surface area (Å²) >= 11 is 0. The highest BCUT2D eigenvalue weighted by molar-refractivity contribution is 5.52. The standard InChI is InChI=1S/C8H11NO/c10-7-6-9-8-4-2-1-3-5-8/h1-2,5,7,9H,3-4,6H2. The van der Waals surface area contributed by atoms with Gasteiger partial charge in [0.25, 0.3) is 0 Å². The minimum atomic E-state index is 0.430. The van der Waals surface area contributed by atoms with E-state index in [1.807, 2.05) is 0 Å². The lowest BCUT2D eigenvalue weighted by atomic mass is 10.1. The van der Waals surface area contributed by atoms with Crippen LogP contribution in [0.2, 0.25) is 0 Å². The molecular weight excluding hydrogens is 126 g/mol. The fraction of sp³-hybridized carbons (Fsp3) is 0.375. The molecule has 0 bridgehead atoms. The number of rotatable bonds is 3. The third kappa shape index (κ3) is 2.05. The molecule has 2 heteroatoms. The summed E-state index contributed by atoms with van der Waals surface area (Å²) in [4.78, 5) is 9.94. The number of carbonyl (C=O) groups excluding carboxylic acids is 1. The van der Waals surface area contributed by atoms with E-state index in [2.05, 4.69) is 23.5 Å². The molecule has 0 heterocycles. The molecule has 0 aliphatic heterocycles. The number of carbonyl (C=O) groups is 1.